The smallest absolute Gasteiger partial charge is 0.140 e. The van der Waals surface area contributed by atoms with Gasteiger partial charge in [0.1, 0.15) is 17.6 Å². The number of aromatic hydroxyl groups is 1. The number of phenolic OH excluding ortho intramolecular Hbond substituents is 1. The molecule has 63 heavy (non-hydrogen) atoms. The minimum Gasteiger partial charge on any atom is -0.507 e. The first-order chi connectivity index (χ1) is 30.0. The van der Waals surface area contributed by atoms with E-state index in [9.17, 15) is 5.11 Å². The van der Waals surface area contributed by atoms with Crippen LogP contribution >= 0.6 is 0 Å². The number of fused-ring (bicyclic) bond motifs is 1. The summed E-state index contributed by atoms with van der Waals surface area (Å²) in [4.78, 5) is 13.3. The van der Waals surface area contributed by atoms with Crippen LogP contribution in [-0.4, -0.2) is 28.0 Å². The molecule has 11 rings (SSSR count). The number of nitrogens with zero attached hydrogens (tertiary/aromatic N) is 3. The number of aromatic nitrogens is 1. The van der Waals surface area contributed by atoms with E-state index in [1.807, 2.05) is 6.20 Å². The van der Waals surface area contributed by atoms with Crippen molar-refractivity contribution in [3.8, 4) is 39.3 Å². The normalized spacial score (nSPS) is 21.6. The van der Waals surface area contributed by atoms with E-state index in [4.69, 9.17) is 9.98 Å². The minimum atomic E-state index is -0.295. The molecule has 1 aliphatic heterocycles. The van der Waals surface area contributed by atoms with Crippen molar-refractivity contribution in [2.45, 2.75) is 115 Å². The maximum atomic E-state index is 12.6. The first-order valence-corrected chi connectivity index (χ1v) is 23.0. The van der Waals surface area contributed by atoms with Gasteiger partial charge >= 0.3 is 0 Å². The fourth-order valence-corrected chi connectivity index (χ4v) is 10.5. The van der Waals surface area contributed by atoms with Gasteiger partial charge in [-0.3, -0.25) is 9.98 Å². The number of anilines is 1. The number of benzene rings is 5. The molecule has 4 aliphatic carbocycles. The molecule has 2 bridgehead atoms. The van der Waals surface area contributed by atoms with Crippen molar-refractivity contribution < 1.29 is 5.11 Å². The summed E-state index contributed by atoms with van der Waals surface area (Å²) in [5.41, 5.74) is 15.5. The largest absolute Gasteiger partial charge is 0.507 e. The summed E-state index contributed by atoms with van der Waals surface area (Å²) in [7, 11) is 0. The molecule has 2 atom stereocenters. The average Bonchev–Trinajstić information content (AvgIpc) is 3.61. The highest BCUT2D eigenvalue weighted by Gasteiger charge is 2.57. The standard InChI is InChI=1S/C59H61N3O/c1-56(2,3)44-28-41(27-42(29-44)50-30-40(25-26-60-50)38-17-12-10-13-18-38)46-21-16-22-52-53(46)61-55(48-32-45(57(4,5)6)33-49(54(48)63)58(7,8)9)62(52)51-24-23-43(59-34-37(35-59)36-59)31-47(51)39-19-14-11-15-20-39/h10-33,37,52-53,63H,34-36H2,1-9H3. The number of hydrogen-bond donors (Lipinski definition) is 1. The third-order valence-electron chi connectivity index (χ3n) is 14.3. The average molecular weight is 828 g/mol. The van der Waals surface area contributed by atoms with Crippen molar-refractivity contribution in [3.63, 3.8) is 0 Å². The Morgan fingerprint density at radius 3 is 1.89 bits per heavy atom. The number of rotatable bonds is 7. The van der Waals surface area contributed by atoms with Gasteiger partial charge in [0.05, 0.1) is 23.0 Å². The van der Waals surface area contributed by atoms with Crippen molar-refractivity contribution in [1.29, 1.82) is 0 Å². The highest BCUT2D eigenvalue weighted by Crippen LogP contribution is 2.65. The predicted octanol–water partition coefficient (Wildman–Crippen LogP) is 14.4. The molecule has 3 saturated carbocycles. The van der Waals surface area contributed by atoms with E-state index in [0.717, 1.165) is 56.5 Å². The lowest BCUT2D eigenvalue weighted by Gasteiger charge is -2.62. The van der Waals surface area contributed by atoms with Crippen LogP contribution in [0.3, 0.4) is 0 Å². The monoisotopic (exact) mass is 827 g/mol. The van der Waals surface area contributed by atoms with Crippen molar-refractivity contribution in [2.75, 3.05) is 4.90 Å². The Morgan fingerprint density at radius 2 is 1.25 bits per heavy atom. The zero-order chi connectivity index (χ0) is 44.1. The minimum absolute atomic E-state index is 0.113. The second kappa shape index (κ2) is 14.8. The lowest BCUT2D eigenvalue weighted by atomic mass is 9.42. The van der Waals surface area contributed by atoms with E-state index in [1.54, 1.807) is 0 Å². The first-order valence-electron chi connectivity index (χ1n) is 23.0. The van der Waals surface area contributed by atoms with Crippen LogP contribution in [-0.2, 0) is 21.7 Å². The lowest BCUT2D eigenvalue weighted by molar-refractivity contribution is -0.0273. The van der Waals surface area contributed by atoms with Gasteiger partial charge < -0.3 is 10.0 Å². The summed E-state index contributed by atoms with van der Waals surface area (Å²) in [6.45, 7) is 20.2. The van der Waals surface area contributed by atoms with Gasteiger partial charge in [0.2, 0.25) is 0 Å². The summed E-state index contributed by atoms with van der Waals surface area (Å²) >= 11 is 0. The Kier molecular flexibility index (Phi) is 9.64. The molecule has 0 saturated heterocycles. The molecule has 4 nitrogen and oxygen atoms in total. The Bertz CT molecular complexity index is 2830. The number of pyridine rings is 1. The third-order valence-corrected chi connectivity index (χ3v) is 14.3. The van der Waals surface area contributed by atoms with Crippen LogP contribution in [0.2, 0.25) is 0 Å². The van der Waals surface area contributed by atoms with Crippen LogP contribution in [0.5, 0.6) is 5.75 Å². The van der Waals surface area contributed by atoms with Crippen LogP contribution in [0.15, 0.2) is 151 Å². The van der Waals surface area contributed by atoms with Gasteiger partial charge in [0.15, 0.2) is 0 Å². The van der Waals surface area contributed by atoms with Crippen molar-refractivity contribution in [3.05, 3.63) is 179 Å². The van der Waals surface area contributed by atoms with Gasteiger partial charge in [0.25, 0.3) is 0 Å². The molecule has 0 spiro atoms. The fourth-order valence-electron chi connectivity index (χ4n) is 10.5. The van der Waals surface area contributed by atoms with E-state index >= 15 is 0 Å². The zero-order valence-electron chi connectivity index (χ0n) is 38.5. The molecular formula is C59H61N3O. The number of aliphatic imine (C=N–C) groups is 1. The van der Waals surface area contributed by atoms with Gasteiger partial charge in [-0.25, -0.2) is 0 Å². The predicted molar refractivity (Wildman–Crippen MR) is 264 cm³/mol. The quantitative estimate of drug-likeness (QED) is 0.174. The molecule has 1 aromatic heterocycles. The topological polar surface area (TPSA) is 48.7 Å². The number of amidine groups is 1. The first kappa shape index (κ1) is 41.0. The van der Waals surface area contributed by atoms with Crippen LogP contribution in [0.4, 0.5) is 5.69 Å². The van der Waals surface area contributed by atoms with Crippen LogP contribution in [0, 0.1) is 5.92 Å². The molecule has 5 aliphatic rings. The summed E-state index contributed by atoms with van der Waals surface area (Å²) in [5, 5.41) is 12.6. The Balaban J connectivity index is 1.17. The van der Waals surface area contributed by atoms with E-state index in [0.29, 0.717) is 11.2 Å². The summed E-state index contributed by atoms with van der Waals surface area (Å²) in [6.07, 6.45) is 12.6. The van der Waals surface area contributed by atoms with Crippen LogP contribution < -0.4 is 4.90 Å². The highest BCUT2D eigenvalue weighted by molar-refractivity contribution is 6.16. The molecule has 0 amide bonds. The number of phenols is 1. The second-order valence-electron chi connectivity index (χ2n) is 21.9. The van der Waals surface area contributed by atoms with Crippen LogP contribution in [0.1, 0.15) is 115 Å². The highest BCUT2D eigenvalue weighted by atomic mass is 16.3. The zero-order valence-corrected chi connectivity index (χ0v) is 38.5. The molecule has 1 N–H and O–H groups in total. The Morgan fingerprint density at radius 1 is 0.603 bits per heavy atom. The molecule has 318 valence electrons. The maximum absolute atomic E-state index is 12.6. The Labute approximate surface area is 375 Å². The number of hydrogen-bond acceptors (Lipinski definition) is 4. The third kappa shape index (κ3) is 7.26. The fraction of sp³-hybridized carbons (Fsp3) is 0.322. The SMILES string of the molecule is CC(C)(C)c1cc(C2=CC=CC3C2N=C(c2cc(C(C)(C)C)cc(C(C)(C)C)c2O)N3c2ccc(C34CC(C3)C4)cc2-c2ccccc2)cc(-c2cc(-c3ccccc3)ccn2)c1. The van der Waals surface area contributed by atoms with Crippen molar-refractivity contribution in [1.82, 2.24) is 4.98 Å². The van der Waals surface area contributed by atoms with Gasteiger partial charge in [-0.15, -0.1) is 0 Å². The van der Waals surface area contributed by atoms with Gasteiger partial charge in [0, 0.05) is 22.9 Å². The van der Waals surface area contributed by atoms with E-state index in [2.05, 4.69) is 207 Å². The summed E-state index contributed by atoms with van der Waals surface area (Å²) < 4.78 is 0. The van der Waals surface area contributed by atoms with Gasteiger partial charge in [-0.2, -0.15) is 0 Å². The Hall–Kier alpha value is -6.00. The molecule has 4 heteroatoms. The second-order valence-corrected chi connectivity index (χ2v) is 21.9. The molecule has 2 heterocycles. The molecule has 2 unspecified atom stereocenters. The van der Waals surface area contributed by atoms with Gasteiger partial charge in [-0.1, -0.05) is 159 Å². The van der Waals surface area contributed by atoms with Crippen molar-refractivity contribution in [2.24, 2.45) is 10.9 Å². The molecule has 5 aromatic carbocycles. The summed E-state index contributed by atoms with van der Waals surface area (Å²) in [5.74, 6) is 1.99. The van der Waals surface area contributed by atoms with Gasteiger partial charge in [-0.05, 0) is 134 Å². The molecule has 0 radical (unpaired) electrons. The molecular weight excluding hydrogens is 767 g/mol. The van der Waals surface area contributed by atoms with Crippen molar-refractivity contribution >= 4 is 17.1 Å². The summed E-state index contributed by atoms with van der Waals surface area (Å²) in [6, 6.07) is 44.0. The van der Waals surface area contributed by atoms with E-state index in [-0.39, 0.29) is 28.3 Å². The molecule has 6 aromatic rings. The number of allylic oxidation sites excluding steroid dienone is 2. The molecule has 3 fully saturated rings. The van der Waals surface area contributed by atoms with Crippen LogP contribution in [0.25, 0.3) is 39.1 Å². The lowest BCUT2D eigenvalue weighted by Crippen LogP contribution is -2.55. The van der Waals surface area contributed by atoms with E-state index < -0.39 is 0 Å². The van der Waals surface area contributed by atoms with E-state index in [1.165, 1.54) is 52.6 Å². The maximum Gasteiger partial charge on any atom is 0.140 e.